The smallest absolute Gasteiger partial charge is 0.205 e. The number of hydrogen-bond acceptors (Lipinski definition) is 5. The van der Waals surface area contributed by atoms with Crippen molar-refractivity contribution >= 4 is 5.78 Å². The first-order chi connectivity index (χ1) is 14.8. The van der Waals surface area contributed by atoms with Gasteiger partial charge in [0.2, 0.25) is 5.88 Å². The molecule has 2 aromatic rings. The predicted molar refractivity (Wildman–Crippen MR) is 118 cm³/mol. The van der Waals surface area contributed by atoms with Crippen LogP contribution in [0.5, 0.6) is 5.75 Å². The van der Waals surface area contributed by atoms with Gasteiger partial charge in [-0.25, -0.2) is 0 Å². The fourth-order valence-corrected chi connectivity index (χ4v) is 4.23. The van der Waals surface area contributed by atoms with Crippen molar-refractivity contribution in [2.24, 2.45) is 11.1 Å². The highest BCUT2D eigenvalue weighted by molar-refractivity contribution is 6.00. The van der Waals surface area contributed by atoms with E-state index in [9.17, 15) is 10.1 Å². The number of rotatable bonds is 4. The van der Waals surface area contributed by atoms with Crippen LogP contribution in [-0.2, 0) is 16.1 Å². The van der Waals surface area contributed by atoms with Gasteiger partial charge in [0.25, 0.3) is 0 Å². The fourth-order valence-electron chi connectivity index (χ4n) is 4.23. The van der Waals surface area contributed by atoms with Crippen molar-refractivity contribution in [1.82, 2.24) is 0 Å². The molecule has 1 aliphatic heterocycles. The number of aryl methyl sites for hydroxylation is 1. The minimum atomic E-state index is -0.511. The molecule has 0 radical (unpaired) electrons. The normalized spacial score (nSPS) is 20.1. The molecule has 0 fully saturated rings. The molecule has 2 N–H and O–H groups in total. The van der Waals surface area contributed by atoms with Crippen LogP contribution in [0.3, 0.4) is 0 Å². The van der Waals surface area contributed by atoms with E-state index < -0.39 is 5.92 Å². The van der Waals surface area contributed by atoms with Crippen molar-refractivity contribution in [3.8, 4) is 11.8 Å². The molecule has 4 rings (SSSR count). The molecule has 2 aliphatic rings. The summed E-state index contributed by atoms with van der Waals surface area (Å²) in [6.45, 7) is 6.59. The van der Waals surface area contributed by atoms with Crippen LogP contribution in [0, 0.1) is 23.7 Å². The first-order valence-corrected chi connectivity index (χ1v) is 10.4. The Morgan fingerprint density at radius 3 is 2.45 bits per heavy atom. The van der Waals surface area contributed by atoms with Crippen molar-refractivity contribution in [2.75, 3.05) is 0 Å². The van der Waals surface area contributed by atoms with E-state index in [0.717, 1.165) is 16.9 Å². The van der Waals surface area contributed by atoms with Gasteiger partial charge in [-0.2, -0.15) is 5.26 Å². The van der Waals surface area contributed by atoms with E-state index in [4.69, 9.17) is 15.2 Å². The number of Topliss-reactive ketones (excluding diaryl/α,β-unsaturated/α-hetero) is 1. The van der Waals surface area contributed by atoms with Crippen LogP contribution < -0.4 is 10.5 Å². The van der Waals surface area contributed by atoms with Crippen molar-refractivity contribution < 1.29 is 14.3 Å². The standard InChI is InChI=1S/C26H26N2O3/c1-16-4-6-17(7-5-16)15-30-19-10-8-18(9-11-19)23-20(14-27)25(28)31-22-13-26(2,3)12-21(29)24(22)23/h4-11,23H,12-13,15,28H2,1-3H3. The quantitative estimate of drug-likeness (QED) is 0.759. The van der Waals surface area contributed by atoms with Crippen LogP contribution in [0.15, 0.2) is 71.3 Å². The molecule has 158 valence electrons. The zero-order valence-corrected chi connectivity index (χ0v) is 18.1. The molecule has 1 atom stereocenters. The number of benzene rings is 2. The molecular formula is C26H26N2O3. The lowest BCUT2D eigenvalue weighted by atomic mass is 9.70. The largest absolute Gasteiger partial charge is 0.489 e. The van der Waals surface area contributed by atoms with Crippen LogP contribution in [0.2, 0.25) is 0 Å². The SMILES string of the molecule is Cc1ccc(COc2ccc(C3C(C#N)=C(N)OC4=C3C(=O)CC(C)(C)C4)cc2)cc1. The Morgan fingerprint density at radius 2 is 1.81 bits per heavy atom. The van der Waals surface area contributed by atoms with Gasteiger partial charge in [-0.3, -0.25) is 4.79 Å². The topological polar surface area (TPSA) is 85.3 Å². The van der Waals surface area contributed by atoms with E-state index in [1.54, 1.807) is 0 Å². The molecule has 1 unspecified atom stereocenters. The van der Waals surface area contributed by atoms with Gasteiger partial charge in [-0.15, -0.1) is 0 Å². The summed E-state index contributed by atoms with van der Waals surface area (Å²) in [5.41, 5.74) is 9.83. The van der Waals surface area contributed by atoms with Crippen molar-refractivity contribution in [3.63, 3.8) is 0 Å². The summed E-state index contributed by atoms with van der Waals surface area (Å²) in [6.07, 6.45) is 1.03. The van der Waals surface area contributed by atoms with Crippen LogP contribution in [0.1, 0.15) is 49.3 Å². The maximum atomic E-state index is 13.0. The monoisotopic (exact) mass is 414 g/mol. The Hall–Kier alpha value is -3.52. The van der Waals surface area contributed by atoms with Gasteiger partial charge in [-0.1, -0.05) is 55.8 Å². The Labute approximate surface area is 182 Å². The lowest BCUT2D eigenvalue weighted by Crippen LogP contribution is -2.33. The molecule has 2 aromatic carbocycles. The average Bonchev–Trinajstić information content (AvgIpc) is 2.72. The van der Waals surface area contributed by atoms with Gasteiger partial charge in [0.05, 0.1) is 5.92 Å². The number of nitrogens with zero attached hydrogens (tertiary/aromatic N) is 1. The molecular weight excluding hydrogens is 388 g/mol. The van der Waals surface area contributed by atoms with Crippen molar-refractivity contribution in [1.29, 1.82) is 5.26 Å². The highest BCUT2D eigenvalue weighted by Gasteiger charge is 2.42. The summed E-state index contributed by atoms with van der Waals surface area (Å²) < 4.78 is 11.6. The summed E-state index contributed by atoms with van der Waals surface area (Å²) in [6, 6.07) is 17.9. The number of allylic oxidation sites excluding steroid dienone is 3. The first-order valence-electron chi connectivity index (χ1n) is 10.4. The highest BCUT2D eigenvalue weighted by Crippen LogP contribution is 2.47. The zero-order chi connectivity index (χ0) is 22.2. The third-order valence-corrected chi connectivity index (χ3v) is 5.81. The van der Waals surface area contributed by atoms with Crippen LogP contribution >= 0.6 is 0 Å². The minimum Gasteiger partial charge on any atom is -0.489 e. The van der Waals surface area contributed by atoms with Gasteiger partial charge in [0, 0.05) is 18.4 Å². The molecule has 0 spiro atoms. The van der Waals surface area contributed by atoms with E-state index in [1.165, 1.54) is 5.56 Å². The average molecular weight is 415 g/mol. The Morgan fingerprint density at radius 1 is 1.13 bits per heavy atom. The summed E-state index contributed by atoms with van der Waals surface area (Å²) in [7, 11) is 0. The summed E-state index contributed by atoms with van der Waals surface area (Å²) in [5.74, 6) is 0.885. The van der Waals surface area contributed by atoms with Crippen molar-refractivity contribution in [3.05, 3.63) is 88.0 Å². The molecule has 1 heterocycles. The van der Waals surface area contributed by atoms with Gasteiger partial charge in [0.1, 0.15) is 29.8 Å². The summed E-state index contributed by atoms with van der Waals surface area (Å²) >= 11 is 0. The summed E-state index contributed by atoms with van der Waals surface area (Å²) in [4.78, 5) is 13.0. The molecule has 0 amide bonds. The van der Waals surface area contributed by atoms with Gasteiger partial charge in [0.15, 0.2) is 5.78 Å². The highest BCUT2D eigenvalue weighted by atomic mass is 16.5. The van der Waals surface area contributed by atoms with Crippen LogP contribution in [-0.4, -0.2) is 5.78 Å². The third-order valence-electron chi connectivity index (χ3n) is 5.81. The number of carbonyl (C=O) groups is 1. The maximum Gasteiger partial charge on any atom is 0.205 e. The maximum absolute atomic E-state index is 13.0. The van der Waals surface area contributed by atoms with Gasteiger partial charge >= 0.3 is 0 Å². The first kappa shape index (κ1) is 20.7. The van der Waals surface area contributed by atoms with E-state index in [1.807, 2.05) is 50.2 Å². The number of carbonyl (C=O) groups excluding carboxylic acids is 1. The number of nitriles is 1. The molecule has 5 nitrogen and oxygen atoms in total. The van der Waals surface area contributed by atoms with Crippen LogP contribution in [0.4, 0.5) is 0 Å². The second-order valence-electron chi connectivity index (χ2n) is 9.05. The third kappa shape index (κ3) is 4.20. The second kappa shape index (κ2) is 7.96. The molecule has 5 heteroatoms. The van der Waals surface area contributed by atoms with Crippen LogP contribution in [0.25, 0.3) is 0 Å². The number of ether oxygens (including phenoxy) is 2. The lowest BCUT2D eigenvalue weighted by molar-refractivity contribution is -0.119. The molecule has 0 saturated carbocycles. The lowest BCUT2D eigenvalue weighted by Gasteiger charge is -2.37. The van der Waals surface area contributed by atoms with Gasteiger partial charge < -0.3 is 15.2 Å². The molecule has 31 heavy (non-hydrogen) atoms. The molecule has 0 bridgehead atoms. The van der Waals surface area contributed by atoms with E-state index in [0.29, 0.717) is 30.8 Å². The predicted octanol–water partition coefficient (Wildman–Crippen LogP) is 5.02. The van der Waals surface area contributed by atoms with Gasteiger partial charge in [-0.05, 0) is 35.6 Å². The Kier molecular flexibility index (Phi) is 5.32. The second-order valence-corrected chi connectivity index (χ2v) is 9.05. The van der Waals surface area contributed by atoms with E-state index in [-0.39, 0.29) is 22.7 Å². The Bertz CT molecular complexity index is 1120. The number of hydrogen-bond donors (Lipinski definition) is 1. The number of ketones is 1. The fraction of sp³-hybridized carbons (Fsp3) is 0.308. The van der Waals surface area contributed by atoms with E-state index in [2.05, 4.69) is 25.1 Å². The summed E-state index contributed by atoms with van der Waals surface area (Å²) in [5, 5.41) is 9.73. The number of nitrogens with two attached hydrogens (primary N) is 1. The van der Waals surface area contributed by atoms with E-state index >= 15 is 0 Å². The molecule has 1 aliphatic carbocycles. The minimum absolute atomic E-state index is 0.0104. The van der Waals surface area contributed by atoms with Crippen molar-refractivity contribution in [2.45, 2.75) is 46.1 Å². The Balaban J connectivity index is 1.61. The molecule has 0 saturated heterocycles. The zero-order valence-electron chi connectivity index (χ0n) is 18.1. The molecule has 0 aromatic heterocycles.